The molecule has 0 spiro atoms. The molecule has 0 aromatic carbocycles. The number of methoxy groups -OCH3 is 1. The first-order valence-corrected chi connectivity index (χ1v) is 6.41. The zero-order chi connectivity index (χ0) is 13.3. The maximum atomic E-state index is 11.8. The SMILES string of the molecule is COC(=O)N1C[C@]2(C)C[C@H](C#N)[C@H]1C[C@@H]2CCO. The van der Waals surface area contributed by atoms with Gasteiger partial charge in [-0.2, -0.15) is 5.26 Å². The molecule has 2 bridgehead atoms. The van der Waals surface area contributed by atoms with Crippen LogP contribution in [0.25, 0.3) is 0 Å². The van der Waals surface area contributed by atoms with Crippen LogP contribution < -0.4 is 0 Å². The van der Waals surface area contributed by atoms with E-state index in [1.807, 2.05) is 0 Å². The molecule has 3 rings (SSSR count). The van der Waals surface area contributed by atoms with Crippen LogP contribution in [0.5, 0.6) is 0 Å². The number of ether oxygens (including phenoxy) is 1. The van der Waals surface area contributed by atoms with E-state index in [1.165, 1.54) is 7.11 Å². The molecule has 4 atom stereocenters. The molecule has 5 heteroatoms. The number of rotatable bonds is 2. The van der Waals surface area contributed by atoms with Gasteiger partial charge in [0.2, 0.25) is 0 Å². The van der Waals surface area contributed by atoms with Gasteiger partial charge in [0, 0.05) is 13.2 Å². The summed E-state index contributed by atoms with van der Waals surface area (Å²) in [7, 11) is 1.37. The molecule has 100 valence electrons. The second-order valence-electron chi connectivity index (χ2n) is 5.70. The molecule has 3 aliphatic rings. The highest BCUT2D eigenvalue weighted by atomic mass is 16.5. The predicted molar refractivity (Wildman–Crippen MR) is 64.5 cm³/mol. The van der Waals surface area contributed by atoms with Gasteiger partial charge >= 0.3 is 6.09 Å². The van der Waals surface area contributed by atoms with Gasteiger partial charge in [-0.05, 0) is 30.6 Å². The molecular formula is C13H20N2O3. The van der Waals surface area contributed by atoms with Gasteiger partial charge in [0.15, 0.2) is 0 Å². The summed E-state index contributed by atoms with van der Waals surface area (Å²) in [5.74, 6) is 0.274. The molecule has 1 aliphatic carbocycles. The van der Waals surface area contributed by atoms with Crippen LogP contribution in [0.3, 0.4) is 0 Å². The lowest BCUT2D eigenvalue weighted by Crippen LogP contribution is -2.62. The predicted octanol–water partition coefficient (Wildman–Crippen LogP) is 1.38. The Morgan fingerprint density at radius 3 is 2.89 bits per heavy atom. The van der Waals surface area contributed by atoms with Crippen LogP contribution in [0.15, 0.2) is 0 Å². The van der Waals surface area contributed by atoms with Gasteiger partial charge in [0.25, 0.3) is 0 Å². The van der Waals surface area contributed by atoms with Crippen molar-refractivity contribution in [2.45, 2.75) is 32.2 Å². The molecule has 0 unspecified atom stereocenters. The van der Waals surface area contributed by atoms with Crippen molar-refractivity contribution in [3.05, 3.63) is 0 Å². The van der Waals surface area contributed by atoms with Crippen LogP contribution in [0.2, 0.25) is 0 Å². The first-order valence-electron chi connectivity index (χ1n) is 6.41. The Balaban J connectivity index is 2.24. The number of fused-ring (bicyclic) bond motifs is 3. The lowest BCUT2D eigenvalue weighted by atomic mass is 9.57. The van der Waals surface area contributed by atoms with E-state index in [0.717, 1.165) is 19.3 Å². The van der Waals surface area contributed by atoms with Crippen molar-refractivity contribution in [3.63, 3.8) is 0 Å². The van der Waals surface area contributed by atoms with Crippen LogP contribution >= 0.6 is 0 Å². The molecule has 0 radical (unpaired) electrons. The summed E-state index contributed by atoms with van der Waals surface area (Å²) >= 11 is 0. The van der Waals surface area contributed by atoms with Gasteiger partial charge in [0.05, 0.1) is 25.1 Å². The van der Waals surface area contributed by atoms with Crippen molar-refractivity contribution in [3.8, 4) is 6.07 Å². The summed E-state index contributed by atoms with van der Waals surface area (Å²) in [5, 5.41) is 18.4. The topological polar surface area (TPSA) is 73.6 Å². The van der Waals surface area contributed by atoms with Gasteiger partial charge < -0.3 is 14.7 Å². The summed E-state index contributed by atoms with van der Waals surface area (Å²) in [6.07, 6.45) is 2.02. The highest BCUT2D eigenvalue weighted by Gasteiger charge is 2.54. The van der Waals surface area contributed by atoms with Gasteiger partial charge in [-0.15, -0.1) is 0 Å². The number of nitrogens with zero attached hydrogens (tertiary/aromatic N) is 2. The summed E-state index contributed by atoms with van der Waals surface area (Å²) < 4.78 is 4.80. The fourth-order valence-corrected chi connectivity index (χ4v) is 3.66. The van der Waals surface area contributed by atoms with E-state index in [2.05, 4.69) is 13.0 Å². The number of hydrogen-bond acceptors (Lipinski definition) is 4. The van der Waals surface area contributed by atoms with Gasteiger partial charge in [-0.25, -0.2) is 4.79 Å². The first kappa shape index (κ1) is 13.2. The minimum absolute atomic E-state index is 0.0548. The Morgan fingerprint density at radius 1 is 1.67 bits per heavy atom. The molecule has 2 heterocycles. The van der Waals surface area contributed by atoms with Crippen LogP contribution in [-0.2, 0) is 4.74 Å². The average Bonchev–Trinajstić information content (AvgIpc) is 2.38. The van der Waals surface area contributed by atoms with Crippen molar-refractivity contribution in [1.29, 1.82) is 5.26 Å². The van der Waals surface area contributed by atoms with Crippen molar-refractivity contribution in [1.82, 2.24) is 4.90 Å². The summed E-state index contributed by atoms with van der Waals surface area (Å²) in [6.45, 7) is 2.92. The molecule has 18 heavy (non-hydrogen) atoms. The minimum Gasteiger partial charge on any atom is -0.453 e. The molecule has 2 aliphatic heterocycles. The number of amides is 1. The molecule has 0 aromatic heterocycles. The Labute approximate surface area is 107 Å². The van der Waals surface area contributed by atoms with E-state index in [-0.39, 0.29) is 30.1 Å². The smallest absolute Gasteiger partial charge is 0.409 e. The van der Waals surface area contributed by atoms with Gasteiger partial charge in [-0.3, -0.25) is 0 Å². The van der Waals surface area contributed by atoms with Crippen molar-refractivity contribution in [2.75, 3.05) is 20.3 Å². The number of carbonyl (C=O) groups excluding carboxylic acids is 1. The Kier molecular flexibility index (Phi) is 3.49. The quantitative estimate of drug-likeness (QED) is 0.805. The minimum atomic E-state index is -0.339. The molecule has 1 N–H and O–H groups in total. The maximum Gasteiger partial charge on any atom is 0.409 e. The average molecular weight is 252 g/mol. The number of nitriles is 1. The van der Waals surface area contributed by atoms with E-state index in [1.54, 1.807) is 4.90 Å². The molecule has 1 saturated carbocycles. The second kappa shape index (κ2) is 4.77. The Bertz CT molecular complexity index is 379. The van der Waals surface area contributed by atoms with Crippen molar-refractivity contribution in [2.24, 2.45) is 17.3 Å². The van der Waals surface area contributed by atoms with E-state index in [0.29, 0.717) is 12.5 Å². The van der Waals surface area contributed by atoms with Gasteiger partial charge in [-0.1, -0.05) is 6.92 Å². The normalized spacial score (nSPS) is 38.3. The highest BCUT2D eigenvalue weighted by Crippen LogP contribution is 2.52. The fourth-order valence-electron chi connectivity index (χ4n) is 3.66. The second-order valence-corrected chi connectivity index (χ2v) is 5.70. The lowest BCUT2D eigenvalue weighted by Gasteiger charge is -2.57. The molecule has 3 fully saturated rings. The molecular weight excluding hydrogens is 232 g/mol. The zero-order valence-corrected chi connectivity index (χ0v) is 10.9. The first-order chi connectivity index (χ1) is 8.55. The lowest BCUT2D eigenvalue weighted by molar-refractivity contribution is -0.0745. The third-order valence-electron chi connectivity index (χ3n) is 4.65. The third-order valence-corrected chi connectivity index (χ3v) is 4.65. The van der Waals surface area contributed by atoms with Crippen molar-refractivity contribution < 1.29 is 14.6 Å². The maximum absolute atomic E-state index is 11.8. The van der Waals surface area contributed by atoms with Crippen LogP contribution in [0, 0.1) is 28.6 Å². The largest absolute Gasteiger partial charge is 0.453 e. The summed E-state index contributed by atoms with van der Waals surface area (Å²) in [5.41, 5.74) is -0.0773. The van der Waals surface area contributed by atoms with Crippen LogP contribution in [0.1, 0.15) is 26.2 Å². The van der Waals surface area contributed by atoms with Crippen LogP contribution in [0.4, 0.5) is 4.79 Å². The summed E-state index contributed by atoms with van der Waals surface area (Å²) in [4.78, 5) is 13.5. The number of piperidine rings is 2. The number of hydrogen-bond donors (Lipinski definition) is 1. The zero-order valence-electron chi connectivity index (χ0n) is 10.9. The molecule has 1 amide bonds. The Morgan fingerprint density at radius 2 is 2.39 bits per heavy atom. The Hall–Kier alpha value is -1.28. The van der Waals surface area contributed by atoms with E-state index >= 15 is 0 Å². The molecule has 2 saturated heterocycles. The molecule has 0 aromatic rings. The molecule has 5 nitrogen and oxygen atoms in total. The number of aliphatic hydroxyl groups is 1. The van der Waals surface area contributed by atoms with E-state index < -0.39 is 0 Å². The third kappa shape index (κ3) is 1.95. The standard InChI is InChI=1S/C13H20N2O3/c1-13-6-9(7-14)11(5-10(13)3-4-16)15(8-13)12(17)18-2/h9-11,16H,3-6,8H2,1-2H3/t9-,10+,11-,13+/m1/s1. The number of carbonyl (C=O) groups is 1. The number of aliphatic hydroxyl groups excluding tert-OH is 1. The van der Waals surface area contributed by atoms with Crippen LogP contribution in [-0.4, -0.2) is 42.4 Å². The summed E-state index contributed by atoms with van der Waals surface area (Å²) in [6, 6.07) is 2.27. The monoisotopic (exact) mass is 252 g/mol. The van der Waals surface area contributed by atoms with Crippen molar-refractivity contribution >= 4 is 6.09 Å². The highest BCUT2D eigenvalue weighted by molar-refractivity contribution is 5.68. The van der Waals surface area contributed by atoms with E-state index in [4.69, 9.17) is 9.84 Å². The fraction of sp³-hybridized carbons (Fsp3) is 0.846. The van der Waals surface area contributed by atoms with E-state index in [9.17, 15) is 10.1 Å². The van der Waals surface area contributed by atoms with Gasteiger partial charge in [0.1, 0.15) is 0 Å².